The van der Waals surface area contributed by atoms with Crippen molar-refractivity contribution in [2.75, 3.05) is 33.5 Å². The Bertz CT molecular complexity index is 633. The molecule has 1 unspecified atom stereocenters. The molecule has 0 saturated heterocycles. The summed E-state index contributed by atoms with van der Waals surface area (Å²) in [5, 5.41) is 0. The number of hydrogen-bond acceptors (Lipinski definition) is 6. The number of likely N-dealkylation sites (N-methyl/N-ethyl adjacent to an activating group) is 1. The van der Waals surface area contributed by atoms with Crippen molar-refractivity contribution < 1.29 is 18.8 Å². The molecule has 1 aliphatic rings. The van der Waals surface area contributed by atoms with Crippen molar-refractivity contribution in [3.8, 4) is 5.88 Å². The summed E-state index contributed by atoms with van der Waals surface area (Å²) in [6.45, 7) is 11.2. The molecule has 2 heterocycles. The number of hydrogen-bond donors (Lipinski definition) is 0. The van der Waals surface area contributed by atoms with Crippen LogP contribution in [-0.2, 0) is 9.53 Å². The molecule has 0 N–H and O–H groups in total. The van der Waals surface area contributed by atoms with Crippen molar-refractivity contribution in [3.63, 3.8) is 0 Å². The lowest BCUT2D eigenvalue weighted by Crippen LogP contribution is -2.49. The Labute approximate surface area is 187 Å². The van der Waals surface area contributed by atoms with Crippen LogP contribution in [0.2, 0.25) is 0 Å². The molecule has 0 fully saturated rings. The van der Waals surface area contributed by atoms with Crippen LogP contribution in [0.4, 0.5) is 0 Å². The third-order valence-electron chi connectivity index (χ3n) is 5.13. The van der Waals surface area contributed by atoms with Crippen LogP contribution in [0.15, 0.2) is 6.08 Å². The summed E-state index contributed by atoms with van der Waals surface area (Å²) in [5.74, 6) is 0.563. The van der Waals surface area contributed by atoms with Crippen LogP contribution < -0.4 is 4.74 Å². The molecule has 1 aromatic heterocycles. The van der Waals surface area contributed by atoms with Gasteiger partial charge in [-0.25, -0.2) is 0 Å². The van der Waals surface area contributed by atoms with E-state index in [1.54, 1.807) is 0 Å². The SMILES string of the molecule is CC.CCCCCCOc1nsnc1C1=CCC[N+](C)(COC(=O)CCCCC)C1. The number of carbonyl (C=O) groups excluding carboxylic acids is 1. The molecule has 0 aliphatic carbocycles. The topological polar surface area (TPSA) is 61.3 Å². The fourth-order valence-electron chi connectivity index (χ4n) is 3.38. The highest BCUT2D eigenvalue weighted by atomic mass is 32.1. The Balaban J connectivity index is 0.00000218. The lowest BCUT2D eigenvalue weighted by Gasteiger charge is -2.36. The van der Waals surface area contributed by atoms with Gasteiger partial charge in [0.15, 0.2) is 0 Å². The zero-order valence-corrected chi connectivity index (χ0v) is 20.6. The van der Waals surface area contributed by atoms with E-state index in [0.717, 1.165) is 56.5 Å². The maximum Gasteiger partial charge on any atom is 0.310 e. The fourth-order valence-corrected chi connectivity index (χ4v) is 3.91. The largest absolute Gasteiger partial charge is 0.475 e. The van der Waals surface area contributed by atoms with Crippen LogP contribution in [0.25, 0.3) is 5.57 Å². The minimum absolute atomic E-state index is 0.0877. The number of rotatable bonds is 13. The van der Waals surface area contributed by atoms with Crippen LogP contribution in [0.3, 0.4) is 0 Å². The molecule has 172 valence electrons. The van der Waals surface area contributed by atoms with Gasteiger partial charge >= 0.3 is 5.97 Å². The van der Waals surface area contributed by atoms with E-state index in [9.17, 15) is 4.79 Å². The quantitative estimate of drug-likeness (QED) is 0.219. The normalized spacial score (nSPS) is 18.2. The molecule has 0 saturated carbocycles. The zero-order valence-electron chi connectivity index (χ0n) is 19.7. The molecule has 0 spiro atoms. The van der Waals surface area contributed by atoms with Crippen molar-refractivity contribution in [1.82, 2.24) is 8.75 Å². The van der Waals surface area contributed by atoms with E-state index in [0.29, 0.717) is 30.1 Å². The van der Waals surface area contributed by atoms with Crippen LogP contribution in [0, 0.1) is 0 Å². The maximum atomic E-state index is 12.0. The Kier molecular flexibility index (Phi) is 13.6. The van der Waals surface area contributed by atoms with Crippen molar-refractivity contribution in [3.05, 3.63) is 11.8 Å². The van der Waals surface area contributed by atoms with Gasteiger partial charge in [0.2, 0.25) is 6.73 Å². The molecule has 6 nitrogen and oxygen atoms in total. The summed E-state index contributed by atoms with van der Waals surface area (Å²) < 4.78 is 21.0. The predicted octanol–water partition coefficient (Wildman–Crippen LogP) is 5.84. The maximum absolute atomic E-state index is 12.0. The molecule has 0 bridgehead atoms. The minimum atomic E-state index is -0.0877. The van der Waals surface area contributed by atoms with Gasteiger partial charge in [-0.2, -0.15) is 4.37 Å². The van der Waals surface area contributed by atoms with Gasteiger partial charge in [0.25, 0.3) is 5.88 Å². The number of aromatic nitrogens is 2. The smallest absolute Gasteiger partial charge is 0.310 e. The molecule has 1 aliphatic heterocycles. The van der Waals surface area contributed by atoms with Crippen LogP contribution in [0.1, 0.15) is 91.2 Å². The first-order valence-electron chi connectivity index (χ1n) is 11.7. The van der Waals surface area contributed by atoms with Crippen molar-refractivity contribution in [2.45, 2.75) is 85.5 Å². The lowest BCUT2D eigenvalue weighted by atomic mass is 10.1. The Hall–Kier alpha value is -1.47. The van der Waals surface area contributed by atoms with Gasteiger partial charge < -0.3 is 9.47 Å². The Morgan fingerprint density at radius 3 is 2.57 bits per heavy atom. The van der Waals surface area contributed by atoms with E-state index in [-0.39, 0.29) is 5.97 Å². The van der Waals surface area contributed by atoms with Gasteiger partial charge in [-0.1, -0.05) is 65.9 Å². The standard InChI is InChI=1S/C21H36N3O3S.C2H6/c1-4-6-8-10-15-26-21-20(22-28-23-21)18-12-11-14-24(3,16-18)17-27-19(25)13-9-7-5-2;1-2/h12H,4-11,13-17H2,1-3H3;1-2H3/q+1;. The highest BCUT2D eigenvalue weighted by molar-refractivity contribution is 6.99. The van der Waals surface area contributed by atoms with Gasteiger partial charge in [-0.05, 0) is 12.8 Å². The Morgan fingerprint density at radius 1 is 1.10 bits per heavy atom. The van der Waals surface area contributed by atoms with Gasteiger partial charge in [-0.3, -0.25) is 9.28 Å². The number of esters is 1. The summed E-state index contributed by atoms with van der Waals surface area (Å²) in [6, 6.07) is 0. The molecule has 0 radical (unpaired) electrons. The van der Waals surface area contributed by atoms with Crippen molar-refractivity contribution in [2.24, 2.45) is 0 Å². The predicted molar refractivity (Wildman–Crippen MR) is 125 cm³/mol. The van der Waals surface area contributed by atoms with E-state index in [2.05, 4.69) is 35.7 Å². The van der Waals surface area contributed by atoms with Crippen LogP contribution >= 0.6 is 11.7 Å². The minimum Gasteiger partial charge on any atom is -0.475 e. The zero-order chi connectivity index (χ0) is 22.2. The summed E-state index contributed by atoms with van der Waals surface area (Å²) in [4.78, 5) is 12.0. The van der Waals surface area contributed by atoms with E-state index in [1.807, 2.05) is 13.8 Å². The summed E-state index contributed by atoms with van der Waals surface area (Å²) in [5.41, 5.74) is 2.01. The van der Waals surface area contributed by atoms with Gasteiger partial charge in [0.05, 0.1) is 31.9 Å². The molecular weight excluding hydrogens is 398 g/mol. The second kappa shape index (κ2) is 15.3. The first-order chi connectivity index (χ1) is 14.6. The van der Waals surface area contributed by atoms with E-state index in [4.69, 9.17) is 9.47 Å². The summed E-state index contributed by atoms with van der Waals surface area (Å²) >= 11 is 1.20. The van der Waals surface area contributed by atoms with Crippen molar-refractivity contribution in [1.29, 1.82) is 0 Å². The molecule has 2 rings (SSSR count). The van der Waals surface area contributed by atoms with Gasteiger partial charge in [0.1, 0.15) is 12.2 Å². The monoisotopic (exact) mass is 440 g/mol. The van der Waals surface area contributed by atoms with E-state index >= 15 is 0 Å². The average molecular weight is 441 g/mol. The summed E-state index contributed by atoms with van der Waals surface area (Å²) in [6.07, 6.45) is 11.5. The molecule has 1 aromatic rings. The van der Waals surface area contributed by atoms with Crippen LogP contribution in [0.5, 0.6) is 5.88 Å². The average Bonchev–Trinajstić information content (AvgIpc) is 3.22. The first kappa shape index (κ1) is 26.6. The van der Waals surface area contributed by atoms with E-state index in [1.165, 1.54) is 31.0 Å². The molecular formula is C23H42N3O3S+. The third-order valence-corrected chi connectivity index (χ3v) is 5.64. The van der Waals surface area contributed by atoms with Crippen molar-refractivity contribution >= 4 is 23.3 Å². The molecule has 1 atom stereocenters. The van der Waals surface area contributed by atoms with Crippen LogP contribution in [-0.4, -0.2) is 52.7 Å². The first-order valence-corrected chi connectivity index (χ1v) is 12.4. The Morgan fingerprint density at radius 2 is 1.83 bits per heavy atom. The number of nitrogens with zero attached hydrogens (tertiary/aromatic N) is 3. The molecule has 0 aromatic carbocycles. The fraction of sp³-hybridized carbons (Fsp3) is 0.783. The molecule has 7 heteroatoms. The highest BCUT2D eigenvalue weighted by Gasteiger charge is 2.31. The molecule has 30 heavy (non-hydrogen) atoms. The summed E-state index contributed by atoms with van der Waals surface area (Å²) in [7, 11) is 2.14. The second-order valence-electron chi connectivity index (χ2n) is 7.95. The molecule has 0 amide bonds. The van der Waals surface area contributed by atoms with Gasteiger partial charge in [-0.15, -0.1) is 4.37 Å². The van der Waals surface area contributed by atoms with E-state index < -0.39 is 0 Å². The number of carbonyl (C=O) groups is 1. The number of unbranched alkanes of at least 4 members (excludes halogenated alkanes) is 5. The third kappa shape index (κ3) is 9.56. The lowest BCUT2D eigenvalue weighted by molar-refractivity contribution is -0.919. The number of quaternary nitrogens is 1. The number of ether oxygens (including phenoxy) is 2. The second-order valence-corrected chi connectivity index (χ2v) is 8.48. The highest BCUT2D eigenvalue weighted by Crippen LogP contribution is 2.30. The van der Waals surface area contributed by atoms with Gasteiger partial charge in [0, 0.05) is 18.4 Å².